The molecule has 8 heteroatoms. The van der Waals surface area contributed by atoms with Gasteiger partial charge in [-0.3, -0.25) is 4.79 Å². The molecular weight excluding hydrogens is 647 g/mol. The van der Waals surface area contributed by atoms with E-state index < -0.39 is 11.5 Å². The average molecular weight is 686 g/mol. The summed E-state index contributed by atoms with van der Waals surface area (Å²) in [6, 6.07) is 50.6. The number of rotatable bonds is 12. The average Bonchev–Trinajstić information content (AvgIpc) is 3.69. The minimum absolute atomic E-state index is 0.228. The first-order valence-corrected chi connectivity index (χ1v) is 17.5. The number of esters is 1. The molecule has 0 unspecified atom stereocenters. The van der Waals surface area contributed by atoms with Crippen molar-refractivity contribution in [2.24, 2.45) is 0 Å². The van der Waals surface area contributed by atoms with Crippen LogP contribution in [0.5, 0.6) is 0 Å². The number of unbranched alkanes of at least 4 members (excludes halogenated alkanes) is 1. The maximum Gasteiger partial charge on any atom is 0.338 e. The molecule has 0 bridgehead atoms. The van der Waals surface area contributed by atoms with E-state index in [1.807, 2.05) is 83.5 Å². The third-order valence-corrected chi connectivity index (χ3v) is 9.56. The molecule has 0 atom stereocenters. The molecule has 0 radical (unpaired) electrons. The number of benzene rings is 5. The maximum atomic E-state index is 13.3. The molecule has 0 aliphatic rings. The lowest BCUT2D eigenvalue weighted by molar-refractivity contribution is 0.0600. The predicted molar refractivity (Wildman–Crippen MR) is 203 cm³/mol. The van der Waals surface area contributed by atoms with Crippen molar-refractivity contribution in [2.75, 3.05) is 7.11 Å². The molecule has 0 spiro atoms. The molecule has 0 aliphatic carbocycles. The minimum atomic E-state index is -0.883. The first-order chi connectivity index (χ1) is 25.5. The molecule has 258 valence electrons. The summed E-state index contributed by atoms with van der Waals surface area (Å²) in [4.78, 5) is 25.5. The Morgan fingerprint density at radius 3 is 1.83 bits per heavy atom. The number of carbonyl (C=O) groups excluding carboxylic acids is 1. The van der Waals surface area contributed by atoms with Crippen molar-refractivity contribution in [3.05, 3.63) is 196 Å². The van der Waals surface area contributed by atoms with E-state index in [1.54, 1.807) is 10.6 Å². The highest BCUT2D eigenvalue weighted by Gasteiger charge is 2.42. The fourth-order valence-corrected chi connectivity index (χ4v) is 7.02. The lowest BCUT2D eigenvalue weighted by Gasteiger charge is -2.36. The number of aryl methyl sites for hydroxylation is 1. The Kier molecular flexibility index (Phi) is 9.97. The quantitative estimate of drug-likeness (QED) is 0.0952. The molecular formula is C44H39N5O3. The Hall–Kier alpha value is -6.41. The van der Waals surface area contributed by atoms with Crippen molar-refractivity contribution >= 4 is 5.97 Å². The van der Waals surface area contributed by atoms with E-state index in [-0.39, 0.29) is 11.1 Å². The Morgan fingerprint density at radius 2 is 1.27 bits per heavy atom. The predicted octanol–water partition coefficient (Wildman–Crippen LogP) is 8.19. The van der Waals surface area contributed by atoms with Gasteiger partial charge in [0.1, 0.15) is 5.54 Å². The van der Waals surface area contributed by atoms with Crippen molar-refractivity contribution in [2.45, 2.75) is 38.3 Å². The zero-order chi connectivity index (χ0) is 35.9. The van der Waals surface area contributed by atoms with Crippen LogP contribution >= 0.6 is 0 Å². The van der Waals surface area contributed by atoms with Gasteiger partial charge in [0.15, 0.2) is 5.82 Å². The van der Waals surface area contributed by atoms with Gasteiger partial charge in [-0.25, -0.2) is 9.48 Å². The molecule has 7 rings (SSSR count). The number of hydrogen-bond acceptors (Lipinski definition) is 6. The lowest BCUT2D eigenvalue weighted by Crippen LogP contribution is -2.39. The third kappa shape index (κ3) is 6.47. The second-order valence-corrected chi connectivity index (χ2v) is 12.7. The fraction of sp³-hybridized carbons (Fsp3) is 0.159. The van der Waals surface area contributed by atoms with E-state index in [0.717, 1.165) is 57.5 Å². The van der Waals surface area contributed by atoms with Gasteiger partial charge in [0.2, 0.25) is 0 Å². The van der Waals surface area contributed by atoms with Crippen LogP contribution in [0.15, 0.2) is 156 Å². The topological polar surface area (TPSA) is 91.9 Å². The highest BCUT2D eigenvalue weighted by molar-refractivity contribution is 5.89. The standard InChI is InChI=1S/C44H39N5O3/c1-3-4-22-38-29-34(43(51)52-2)30-41(50)48(38)31-32-25-27-33(28-26-32)39-23-14-15-24-40(39)42-45-46-47-49(42)44(35-16-8-5-9-17-35,36-18-10-6-11-19-36)37-20-12-7-13-21-37/h5-21,23-30H,3-4,22,31H2,1-2H3. The van der Waals surface area contributed by atoms with Crippen LogP contribution in [0.3, 0.4) is 0 Å². The van der Waals surface area contributed by atoms with Gasteiger partial charge in [-0.2, -0.15) is 0 Å². The summed E-state index contributed by atoms with van der Waals surface area (Å²) < 4.78 is 8.59. The Labute approximate surface area is 303 Å². The number of hydrogen-bond donors (Lipinski definition) is 0. The van der Waals surface area contributed by atoms with Gasteiger partial charge < -0.3 is 9.30 Å². The van der Waals surface area contributed by atoms with E-state index in [0.29, 0.717) is 18.8 Å². The van der Waals surface area contributed by atoms with E-state index in [9.17, 15) is 9.59 Å². The number of tetrazole rings is 1. The Bertz CT molecular complexity index is 2240. The van der Waals surface area contributed by atoms with Crippen LogP contribution < -0.4 is 5.56 Å². The van der Waals surface area contributed by atoms with Gasteiger partial charge in [0.05, 0.1) is 19.2 Å². The van der Waals surface area contributed by atoms with Gasteiger partial charge in [-0.15, -0.1) is 5.10 Å². The monoisotopic (exact) mass is 685 g/mol. The fourth-order valence-electron chi connectivity index (χ4n) is 7.02. The summed E-state index contributed by atoms with van der Waals surface area (Å²) in [5, 5.41) is 13.7. The third-order valence-electron chi connectivity index (χ3n) is 9.56. The Balaban J connectivity index is 1.32. The minimum Gasteiger partial charge on any atom is -0.465 e. The van der Waals surface area contributed by atoms with Crippen molar-refractivity contribution in [1.82, 2.24) is 24.8 Å². The second kappa shape index (κ2) is 15.2. The first kappa shape index (κ1) is 34.1. The molecule has 7 aromatic rings. The molecule has 0 aliphatic heterocycles. The van der Waals surface area contributed by atoms with Gasteiger partial charge in [-0.1, -0.05) is 153 Å². The van der Waals surface area contributed by atoms with Crippen molar-refractivity contribution in [3.8, 4) is 22.5 Å². The van der Waals surface area contributed by atoms with Crippen LogP contribution in [0, 0.1) is 0 Å². The van der Waals surface area contributed by atoms with Gasteiger partial charge in [-0.05, 0) is 62.7 Å². The van der Waals surface area contributed by atoms with E-state index in [1.165, 1.54) is 13.2 Å². The molecule has 8 nitrogen and oxygen atoms in total. The molecule has 0 fully saturated rings. The van der Waals surface area contributed by atoms with E-state index in [4.69, 9.17) is 9.95 Å². The molecule has 2 aromatic heterocycles. The molecule has 0 saturated heterocycles. The van der Waals surface area contributed by atoms with Crippen molar-refractivity contribution in [1.29, 1.82) is 0 Å². The summed E-state index contributed by atoms with van der Waals surface area (Å²) in [5.41, 5.74) is 6.85. The van der Waals surface area contributed by atoms with Crippen LogP contribution in [-0.4, -0.2) is 37.9 Å². The number of aromatic nitrogens is 5. The molecule has 0 amide bonds. The SMILES string of the molecule is CCCCc1cc(C(=O)OC)cc(=O)n1Cc1ccc(-c2ccccc2-c2nnnn2C(c2ccccc2)(c2ccccc2)c2ccccc2)cc1. The Morgan fingerprint density at radius 1 is 0.712 bits per heavy atom. The summed E-state index contributed by atoms with van der Waals surface area (Å²) in [5.74, 6) is 0.110. The van der Waals surface area contributed by atoms with Gasteiger partial charge in [0, 0.05) is 17.3 Å². The van der Waals surface area contributed by atoms with Gasteiger partial charge in [0.25, 0.3) is 5.56 Å². The van der Waals surface area contributed by atoms with Crippen LogP contribution in [0.2, 0.25) is 0 Å². The summed E-state index contributed by atoms with van der Waals surface area (Å²) in [6.45, 7) is 2.49. The molecule has 0 saturated carbocycles. The highest BCUT2D eigenvalue weighted by atomic mass is 16.5. The molecule has 0 N–H and O–H groups in total. The number of methoxy groups -OCH3 is 1. The lowest BCUT2D eigenvalue weighted by atomic mass is 9.77. The van der Waals surface area contributed by atoms with Gasteiger partial charge >= 0.3 is 5.97 Å². The summed E-state index contributed by atoms with van der Waals surface area (Å²) >= 11 is 0. The first-order valence-electron chi connectivity index (χ1n) is 17.5. The molecule has 52 heavy (non-hydrogen) atoms. The van der Waals surface area contributed by atoms with Crippen LogP contribution in [0.4, 0.5) is 0 Å². The highest BCUT2D eigenvalue weighted by Crippen LogP contribution is 2.43. The largest absolute Gasteiger partial charge is 0.465 e. The number of carbonyl (C=O) groups is 1. The zero-order valence-corrected chi connectivity index (χ0v) is 29.2. The molecule has 5 aromatic carbocycles. The summed E-state index contributed by atoms with van der Waals surface area (Å²) in [6.07, 6.45) is 2.56. The van der Waals surface area contributed by atoms with E-state index >= 15 is 0 Å². The number of nitrogens with zero attached hydrogens (tertiary/aromatic N) is 5. The number of ether oxygens (including phenoxy) is 1. The van der Waals surface area contributed by atoms with Crippen molar-refractivity contribution < 1.29 is 9.53 Å². The van der Waals surface area contributed by atoms with E-state index in [2.05, 4.69) is 77.9 Å². The van der Waals surface area contributed by atoms with Crippen LogP contribution in [-0.2, 0) is 23.2 Å². The van der Waals surface area contributed by atoms with Crippen LogP contribution in [0.1, 0.15) is 58.1 Å². The van der Waals surface area contributed by atoms with Crippen LogP contribution in [0.25, 0.3) is 22.5 Å². The normalized spacial score (nSPS) is 11.3. The second-order valence-electron chi connectivity index (χ2n) is 12.7. The van der Waals surface area contributed by atoms with Crippen molar-refractivity contribution in [3.63, 3.8) is 0 Å². The summed E-state index contributed by atoms with van der Waals surface area (Å²) in [7, 11) is 1.33. The maximum absolute atomic E-state index is 13.3. The number of pyridine rings is 1. The zero-order valence-electron chi connectivity index (χ0n) is 29.2. The molecule has 2 heterocycles. The smallest absolute Gasteiger partial charge is 0.338 e.